The minimum absolute atomic E-state index is 0.196. The van der Waals surface area contributed by atoms with Crippen molar-refractivity contribution in [1.82, 2.24) is 9.55 Å². The predicted octanol–water partition coefficient (Wildman–Crippen LogP) is 1.20. The van der Waals surface area contributed by atoms with Crippen molar-refractivity contribution in [1.29, 1.82) is 0 Å². The number of esters is 1. The number of fused-ring (bicyclic) bond motifs is 1. The third-order valence-electron chi connectivity index (χ3n) is 2.45. The lowest BCUT2D eigenvalue weighted by molar-refractivity contribution is -0.144. The summed E-state index contributed by atoms with van der Waals surface area (Å²) in [5, 5.41) is 10.7. The predicted molar refractivity (Wildman–Crippen MR) is 78.9 cm³/mol. The number of thioether (sulfide) groups is 1. The molecule has 21 heavy (non-hydrogen) atoms. The molecule has 0 aliphatic carbocycles. The van der Waals surface area contributed by atoms with Gasteiger partial charge in [0, 0.05) is 0 Å². The summed E-state index contributed by atoms with van der Waals surface area (Å²) in [6, 6.07) is 1.68. The second-order valence-electron chi connectivity index (χ2n) is 3.91. The van der Waals surface area contributed by atoms with Gasteiger partial charge in [0.2, 0.25) is 0 Å². The molecule has 2 aromatic rings. The standard InChI is InChI=1S/C12H12N2O5S2/c1-2-19-9(17)5-14-11(18)10-7(3-4-20-10)13-12(14)21-6-8(15)16/h3-4H,2,5-6H2,1H3,(H,15,16). The summed E-state index contributed by atoms with van der Waals surface area (Å²) in [6.07, 6.45) is 0. The number of carboxylic acid groups (broad SMARTS) is 1. The number of rotatable bonds is 6. The van der Waals surface area contributed by atoms with Crippen molar-refractivity contribution < 1.29 is 19.4 Å². The maximum Gasteiger partial charge on any atom is 0.326 e. The van der Waals surface area contributed by atoms with Crippen molar-refractivity contribution in [2.75, 3.05) is 12.4 Å². The zero-order chi connectivity index (χ0) is 15.4. The minimum Gasteiger partial charge on any atom is -0.481 e. The second kappa shape index (κ2) is 6.72. The number of carboxylic acids is 1. The Hall–Kier alpha value is -1.87. The van der Waals surface area contributed by atoms with Crippen LogP contribution in [0, 0.1) is 0 Å². The van der Waals surface area contributed by atoms with Gasteiger partial charge < -0.3 is 9.84 Å². The van der Waals surface area contributed by atoms with Crippen molar-refractivity contribution in [3.05, 3.63) is 21.8 Å². The SMILES string of the molecule is CCOC(=O)Cn1c(SCC(=O)O)nc2ccsc2c1=O. The van der Waals surface area contributed by atoms with E-state index < -0.39 is 11.9 Å². The maximum atomic E-state index is 12.4. The van der Waals surface area contributed by atoms with Gasteiger partial charge in [0.25, 0.3) is 5.56 Å². The molecule has 0 aliphatic heterocycles. The zero-order valence-electron chi connectivity index (χ0n) is 11.1. The molecular weight excluding hydrogens is 316 g/mol. The van der Waals surface area contributed by atoms with E-state index in [-0.39, 0.29) is 29.6 Å². The molecule has 0 bridgehead atoms. The van der Waals surface area contributed by atoms with Crippen molar-refractivity contribution in [3.63, 3.8) is 0 Å². The number of hydrogen-bond donors (Lipinski definition) is 1. The summed E-state index contributed by atoms with van der Waals surface area (Å²) in [4.78, 5) is 38.9. The molecule has 0 saturated heterocycles. The van der Waals surface area contributed by atoms with E-state index >= 15 is 0 Å². The van der Waals surface area contributed by atoms with Gasteiger partial charge in [-0.2, -0.15) is 0 Å². The van der Waals surface area contributed by atoms with Crippen LogP contribution in [0.5, 0.6) is 0 Å². The molecule has 1 N–H and O–H groups in total. The minimum atomic E-state index is -1.03. The topological polar surface area (TPSA) is 98.5 Å². The van der Waals surface area contributed by atoms with Crippen LogP contribution in [0.2, 0.25) is 0 Å². The molecule has 0 spiro atoms. The Morgan fingerprint density at radius 1 is 1.52 bits per heavy atom. The van der Waals surface area contributed by atoms with E-state index in [2.05, 4.69) is 4.98 Å². The Labute approximate surface area is 127 Å². The van der Waals surface area contributed by atoms with Crippen molar-refractivity contribution in [3.8, 4) is 0 Å². The maximum absolute atomic E-state index is 12.4. The number of carbonyl (C=O) groups excluding carboxylic acids is 1. The van der Waals surface area contributed by atoms with Crippen LogP contribution in [0.1, 0.15) is 6.92 Å². The van der Waals surface area contributed by atoms with Gasteiger partial charge in [-0.3, -0.25) is 19.0 Å². The van der Waals surface area contributed by atoms with Gasteiger partial charge in [-0.05, 0) is 18.4 Å². The highest BCUT2D eigenvalue weighted by molar-refractivity contribution is 7.99. The normalized spacial score (nSPS) is 10.7. The number of aliphatic carboxylic acids is 1. The number of aromatic nitrogens is 2. The Kier molecular flexibility index (Phi) is 4.97. The molecule has 0 aliphatic rings. The second-order valence-corrected chi connectivity index (χ2v) is 5.77. The average Bonchev–Trinajstić information content (AvgIpc) is 2.88. The zero-order valence-corrected chi connectivity index (χ0v) is 12.7. The third kappa shape index (κ3) is 3.61. The molecule has 9 heteroatoms. The van der Waals surface area contributed by atoms with Crippen LogP contribution in [0.3, 0.4) is 0 Å². The first-order valence-electron chi connectivity index (χ1n) is 6.01. The lowest BCUT2D eigenvalue weighted by atomic mass is 10.4. The third-order valence-corrected chi connectivity index (χ3v) is 4.30. The summed E-state index contributed by atoms with van der Waals surface area (Å²) < 4.78 is 6.41. The number of ether oxygens (including phenoxy) is 1. The molecule has 0 amide bonds. The molecule has 7 nitrogen and oxygen atoms in total. The fourth-order valence-corrected chi connectivity index (χ4v) is 3.13. The number of thiophene rings is 1. The van der Waals surface area contributed by atoms with Gasteiger partial charge >= 0.3 is 11.9 Å². The summed E-state index contributed by atoms with van der Waals surface area (Å²) in [5.41, 5.74) is 0.133. The average molecular weight is 328 g/mol. The molecule has 2 rings (SSSR count). The van der Waals surface area contributed by atoms with Gasteiger partial charge in [0.15, 0.2) is 5.16 Å². The van der Waals surface area contributed by atoms with Crippen LogP contribution in [-0.4, -0.2) is 39.0 Å². The van der Waals surface area contributed by atoms with Gasteiger partial charge in [-0.1, -0.05) is 11.8 Å². The largest absolute Gasteiger partial charge is 0.481 e. The number of hydrogen-bond acceptors (Lipinski definition) is 7. The van der Waals surface area contributed by atoms with E-state index in [0.717, 1.165) is 16.3 Å². The molecule has 0 fully saturated rings. The molecule has 2 aromatic heterocycles. The van der Waals surface area contributed by atoms with Crippen LogP contribution in [0.4, 0.5) is 0 Å². The molecular formula is C12H12N2O5S2. The summed E-state index contributed by atoms with van der Waals surface area (Å²) in [5.74, 6) is -1.83. The van der Waals surface area contributed by atoms with Crippen LogP contribution in [-0.2, 0) is 20.9 Å². The van der Waals surface area contributed by atoms with Gasteiger partial charge in [-0.25, -0.2) is 4.98 Å². The van der Waals surface area contributed by atoms with E-state index in [0.29, 0.717) is 10.2 Å². The number of nitrogens with zero attached hydrogens (tertiary/aromatic N) is 2. The first-order valence-corrected chi connectivity index (χ1v) is 7.87. The van der Waals surface area contributed by atoms with Crippen LogP contribution < -0.4 is 5.56 Å². The monoisotopic (exact) mass is 328 g/mol. The Morgan fingerprint density at radius 2 is 2.29 bits per heavy atom. The lowest BCUT2D eigenvalue weighted by Crippen LogP contribution is -2.27. The Morgan fingerprint density at radius 3 is 2.95 bits per heavy atom. The van der Waals surface area contributed by atoms with E-state index in [9.17, 15) is 14.4 Å². The van der Waals surface area contributed by atoms with Gasteiger partial charge in [-0.15, -0.1) is 11.3 Å². The highest BCUT2D eigenvalue weighted by Gasteiger charge is 2.16. The first kappa shape index (κ1) is 15.5. The molecule has 0 aromatic carbocycles. The van der Waals surface area contributed by atoms with Gasteiger partial charge in [0.1, 0.15) is 11.2 Å². The highest BCUT2D eigenvalue weighted by Crippen LogP contribution is 2.20. The lowest BCUT2D eigenvalue weighted by Gasteiger charge is -2.10. The molecule has 112 valence electrons. The summed E-state index contributed by atoms with van der Waals surface area (Å²) >= 11 is 2.12. The molecule has 0 radical (unpaired) electrons. The Bertz CT molecular complexity index is 737. The van der Waals surface area contributed by atoms with Crippen LogP contribution in [0.15, 0.2) is 21.4 Å². The van der Waals surface area contributed by atoms with E-state index in [1.54, 1.807) is 18.4 Å². The molecule has 2 heterocycles. The summed E-state index contributed by atoms with van der Waals surface area (Å²) in [6.45, 7) is 1.59. The van der Waals surface area contributed by atoms with Crippen LogP contribution in [0.25, 0.3) is 10.2 Å². The molecule has 0 unspecified atom stereocenters. The van der Waals surface area contributed by atoms with Gasteiger partial charge in [0.05, 0.1) is 17.9 Å². The van der Waals surface area contributed by atoms with E-state index in [1.165, 1.54) is 11.3 Å². The Balaban J connectivity index is 2.44. The van der Waals surface area contributed by atoms with E-state index in [1.807, 2.05) is 0 Å². The van der Waals surface area contributed by atoms with Crippen molar-refractivity contribution in [2.24, 2.45) is 0 Å². The van der Waals surface area contributed by atoms with Crippen molar-refractivity contribution >= 4 is 45.3 Å². The number of carbonyl (C=O) groups is 2. The van der Waals surface area contributed by atoms with E-state index in [4.69, 9.17) is 9.84 Å². The molecule has 0 saturated carbocycles. The first-order chi connectivity index (χ1) is 10.0. The smallest absolute Gasteiger partial charge is 0.326 e. The highest BCUT2D eigenvalue weighted by atomic mass is 32.2. The fourth-order valence-electron chi connectivity index (χ4n) is 1.64. The van der Waals surface area contributed by atoms with Crippen LogP contribution >= 0.6 is 23.1 Å². The molecule has 0 atom stereocenters. The fraction of sp³-hybridized carbons (Fsp3) is 0.333. The van der Waals surface area contributed by atoms with Crippen molar-refractivity contribution in [2.45, 2.75) is 18.6 Å². The summed E-state index contributed by atoms with van der Waals surface area (Å²) in [7, 11) is 0. The quantitative estimate of drug-likeness (QED) is 0.483.